The van der Waals surface area contributed by atoms with Crippen LogP contribution in [0.15, 0.2) is 54.9 Å². The molecule has 100 valence electrons. The van der Waals surface area contributed by atoms with Crippen molar-refractivity contribution in [1.82, 2.24) is 9.97 Å². The molecule has 0 saturated heterocycles. The second-order valence-corrected chi connectivity index (χ2v) is 5.11. The third-order valence-corrected chi connectivity index (χ3v) is 3.64. The second-order valence-electron chi connectivity index (χ2n) is 4.71. The van der Waals surface area contributed by atoms with Crippen LogP contribution < -0.4 is 5.73 Å². The molecule has 0 aliphatic rings. The summed E-state index contributed by atoms with van der Waals surface area (Å²) in [6, 6.07) is 13.7. The Kier molecular flexibility index (Phi) is 3.63. The van der Waals surface area contributed by atoms with Crippen molar-refractivity contribution in [1.29, 1.82) is 0 Å². The number of nitrogens with two attached hydrogens (primary N) is 1. The van der Waals surface area contributed by atoms with E-state index in [1.165, 1.54) is 0 Å². The van der Waals surface area contributed by atoms with E-state index in [2.05, 4.69) is 9.97 Å². The molecule has 0 aliphatic heterocycles. The zero-order valence-electron chi connectivity index (χ0n) is 10.8. The van der Waals surface area contributed by atoms with Gasteiger partial charge in [-0.15, -0.1) is 0 Å². The standard InChI is InChI=1S/C16H14ClN3/c17-13-10-19-8-7-12(13)9-14(18)16-6-5-11-3-1-2-4-15(11)20-16/h1-8,10,14H,9,18H2. The van der Waals surface area contributed by atoms with E-state index in [1.54, 1.807) is 12.4 Å². The molecule has 2 N–H and O–H groups in total. The van der Waals surface area contributed by atoms with E-state index in [-0.39, 0.29) is 6.04 Å². The van der Waals surface area contributed by atoms with Gasteiger partial charge in [-0.2, -0.15) is 0 Å². The molecule has 1 unspecified atom stereocenters. The maximum atomic E-state index is 6.25. The Bertz CT molecular complexity index is 742. The lowest BCUT2D eigenvalue weighted by atomic mass is 10.0. The molecule has 4 heteroatoms. The average molecular weight is 284 g/mol. The maximum absolute atomic E-state index is 6.25. The van der Waals surface area contributed by atoms with Crippen molar-refractivity contribution in [3.05, 3.63) is 71.1 Å². The molecule has 0 radical (unpaired) electrons. The summed E-state index contributed by atoms with van der Waals surface area (Å²) in [5.41, 5.74) is 9.07. The molecule has 1 aromatic carbocycles. The van der Waals surface area contributed by atoms with E-state index >= 15 is 0 Å². The van der Waals surface area contributed by atoms with Crippen LogP contribution in [0.4, 0.5) is 0 Å². The van der Waals surface area contributed by atoms with Gasteiger partial charge < -0.3 is 5.73 Å². The van der Waals surface area contributed by atoms with Crippen LogP contribution in [0, 0.1) is 0 Å². The maximum Gasteiger partial charge on any atom is 0.0706 e. The van der Waals surface area contributed by atoms with Gasteiger partial charge in [0.1, 0.15) is 0 Å². The number of hydrogen-bond acceptors (Lipinski definition) is 3. The van der Waals surface area contributed by atoms with Crippen molar-refractivity contribution in [3.8, 4) is 0 Å². The Morgan fingerprint density at radius 1 is 1.10 bits per heavy atom. The molecule has 20 heavy (non-hydrogen) atoms. The third-order valence-electron chi connectivity index (χ3n) is 3.30. The van der Waals surface area contributed by atoms with Crippen LogP contribution in [-0.2, 0) is 6.42 Å². The Labute approximate surface area is 122 Å². The minimum atomic E-state index is -0.181. The van der Waals surface area contributed by atoms with E-state index in [1.807, 2.05) is 42.5 Å². The summed E-state index contributed by atoms with van der Waals surface area (Å²) in [7, 11) is 0. The zero-order valence-corrected chi connectivity index (χ0v) is 11.6. The number of rotatable bonds is 3. The topological polar surface area (TPSA) is 51.8 Å². The molecule has 1 atom stereocenters. The van der Waals surface area contributed by atoms with Gasteiger partial charge in [-0.3, -0.25) is 9.97 Å². The smallest absolute Gasteiger partial charge is 0.0706 e. The number of halogens is 1. The van der Waals surface area contributed by atoms with Crippen molar-refractivity contribution < 1.29 is 0 Å². The molecule has 2 aromatic heterocycles. The Balaban J connectivity index is 1.89. The SMILES string of the molecule is NC(Cc1ccncc1Cl)c1ccc2ccccc2n1. The molecule has 0 bridgehead atoms. The number of fused-ring (bicyclic) bond motifs is 1. The number of hydrogen-bond donors (Lipinski definition) is 1. The van der Waals surface area contributed by atoms with Gasteiger partial charge in [0.05, 0.1) is 22.3 Å². The minimum Gasteiger partial charge on any atom is -0.322 e. The van der Waals surface area contributed by atoms with Gasteiger partial charge in [-0.25, -0.2) is 0 Å². The summed E-state index contributed by atoms with van der Waals surface area (Å²) in [6.07, 6.45) is 4.01. The Hall–Kier alpha value is -1.97. The molecule has 0 fully saturated rings. The largest absolute Gasteiger partial charge is 0.322 e. The molecule has 3 aromatic rings. The Morgan fingerprint density at radius 3 is 2.80 bits per heavy atom. The second kappa shape index (κ2) is 5.57. The van der Waals surface area contributed by atoms with E-state index in [0.717, 1.165) is 22.2 Å². The summed E-state index contributed by atoms with van der Waals surface area (Å²) in [6.45, 7) is 0. The first-order valence-electron chi connectivity index (χ1n) is 6.44. The van der Waals surface area contributed by atoms with Crippen LogP contribution in [0.25, 0.3) is 10.9 Å². The summed E-state index contributed by atoms with van der Waals surface area (Å²) >= 11 is 6.11. The highest BCUT2D eigenvalue weighted by atomic mass is 35.5. The van der Waals surface area contributed by atoms with Gasteiger partial charge in [-0.05, 0) is 30.2 Å². The van der Waals surface area contributed by atoms with Crippen molar-refractivity contribution in [3.63, 3.8) is 0 Å². The van der Waals surface area contributed by atoms with Crippen molar-refractivity contribution in [2.45, 2.75) is 12.5 Å². The van der Waals surface area contributed by atoms with Crippen LogP contribution >= 0.6 is 11.6 Å². The first-order valence-corrected chi connectivity index (χ1v) is 6.81. The summed E-state index contributed by atoms with van der Waals surface area (Å²) in [4.78, 5) is 8.59. The van der Waals surface area contributed by atoms with Crippen molar-refractivity contribution >= 4 is 22.5 Å². The fourth-order valence-corrected chi connectivity index (χ4v) is 2.40. The number of nitrogens with zero attached hydrogens (tertiary/aromatic N) is 2. The van der Waals surface area contributed by atoms with Crippen LogP contribution in [0.3, 0.4) is 0 Å². The van der Waals surface area contributed by atoms with Gasteiger partial charge in [0.2, 0.25) is 0 Å². The molecule has 3 nitrogen and oxygen atoms in total. The van der Waals surface area contributed by atoms with Gasteiger partial charge >= 0.3 is 0 Å². The van der Waals surface area contributed by atoms with Gasteiger partial charge in [-0.1, -0.05) is 35.9 Å². The van der Waals surface area contributed by atoms with E-state index in [0.29, 0.717) is 11.4 Å². The zero-order chi connectivity index (χ0) is 13.9. The van der Waals surface area contributed by atoms with Crippen molar-refractivity contribution in [2.75, 3.05) is 0 Å². The molecule has 3 rings (SSSR count). The predicted octanol–water partition coefficient (Wildman–Crippen LogP) is 3.53. The molecule has 0 saturated carbocycles. The van der Waals surface area contributed by atoms with Gasteiger partial charge in [0, 0.05) is 17.8 Å². The first-order chi connectivity index (χ1) is 9.74. The van der Waals surface area contributed by atoms with Crippen molar-refractivity contribution in [2.24, 2.45) is 5.73 Å². The molecular formula is C16H14ClN3. The van der Waals surface area contributed by atoms with Gasteiger partial charge in [0.15, 0.2) is 0 Å². The normalized spacial score (nSPS) is 12.5. The minimum absolute atomic E-state index is 0.181. The lowest BCUT2D eigenvalue weighted by molar-refractivity contribution is 0.699. The monoisotopic (exact) mass is 283 g/mol. The van der Waals surface area contributed by atoms with Crippen LogP contribution in [0.2, 0.25) is 5.02 Å². The van der Waals surface area contributed by atoms with Crippen LogP contribution in [-0.4, -0.2) is 9.97 Å². The Morgan fingerprint density at radius 2 is 1.95 bits per heavy atom. The molecule has 0 spiro atoms. The number of benzene rings is 1. The molecular weight excluding hydrogens is 270 g/mol. The van der Waals surface area contributed by atoms with E-state index < -0.39 is 0 Å². The molecule has 2 heterocycles. The summed E-state index contributed by atoms with van der Waals surface area (Å²) < 4.78 is 0. The highest BCUT2D eigenvalue weighted by Gasteiger charge is 2.11. The quantitative estimate of drug-likeness (QED) is 0.800. The number of aromatic nitrogens is 2. The number of pyridine rings is 2. The summed E-state index contributed by atoms with van der Waals surface area (Å²) in [5, 5.41) is 1.76. The molecule has 0 aliphatic carbocycles. The lowest BCUT2D eigenvalue weighted by Crippen LogP contribution is -2.15. The third kappa shape index (κ3) is 2.64. The summed E-state index contributed by atoms with van der Waals surface area (Å²) in [5.74, 6) is 0. The van der Waals surface area contributed by atoms with Crippen LogP contribution in [0.1, 0.15) is 17.3 Å². The lowest BCUT2D eigenvalue weighted by Gasteiger charge is -2.12. The van der Waals surface area contributed by atoms with Crippen LogP contribution in [0.5, 0.6) is 0 Å². The predicted molar refractivity (Wildman–Crippen MR) is 81.6 cm³/mol. The highest BCUT2D eigenvalue weighted by molar-refractivity contribution is 6.31. The average Bonchev–Trinajstić information content (AvgIpc) is 2.49. The first kappa shape index (κ1) is 13.0. The van der Waals surface area contributed by atoms with Gasteiger partial charge in [0.25, 0.3) is 0 Å². The fraction of sp³-hybridized carbons (Fsp3) is 0.125. The van der Waals surface area contributed by atoms with E-state index in [9.17, 15) is 0 Å². The van der Waals surface area contributed by atoms with E-state index in [4.69, 9.17) is 17.3 Å². The molecule has 0 amide bonds. The number of para-hydroxylation sites is 1. The fourth-order valence-electron chi connectivity index (χ4n) is 2.20. The highest BCUT2D eigenvalue weighted by Crippen LogP contribution is 2.21.